The molecule has 0 aliphatic heterocycles. The molecular formula is C21H34O2. The van der Waals surface area contributed by atoms with Crippen molar-refractivity contribution in [2.45, 2.75) is 77.6 Å². The highest BCUT2D eigenvalue weighted by atomic mass is 16.4. The van der Waals surface area contributed by atoms with E-state index in [0.717, 1.165) is 32.1 Å². The summed E-state index contributed by atoms with van der Waals surface area (Å²) in [6.45, 7) is 5.70. The summed E-state index contributed by atoms with van der Waals surface area (Å²) in [6.07, 6.45) is 25.4. The first kappa shape index (κ1) is 21.4. The molecule has 0 aliphatic rings. The van der Waals surface area contributed by atoms with E-state index in [9.17, 15) is 4.79 Å². The Hall–Kier alpha value is -1.57. The van der Waals surface area contributed by atoms with Gasteiger partial charge in [0.05, 0.1) is 0 Å². The molecule has 0 spiro atoms. The minimum Gasteiger partial charge on any atom is -0.478 e. The van der Waals surface area contributed by atoms with Crippen molar-refractivity contribution in [3.05, 3.63) is 48.6 Å². The number of hydrogen-bond acceptors (Lipinski definition) is 1. The van der Waals surface area contributed by atoms with Crippen LogP contribution in [0, 0.1) is 0 Å². The summed E-state index contributed by atoms with van der Waals surface area (Å²) < 4.78 is 0. The summed E-state index contributed by atoms with van der Waals surface area (Å²) in [7, 11) is 0. The van der Waals surface area contributed by atoms with Crippen molar-refractivity contribution in [3.8, 4) is 0 Å². The lowest BCUT2D eigenvalue weighted by molar-refractivity contribution is -0.132. The van der Waals surface area contributed by atoms with E-state index >= 15 is 0 Å². The Morgan fingerprint density at radius 3 is 1.96 bits per heavy atom. The lowest BCUT2D eigenvalue weighted by Crippen LogP contribution is -1.98. The molecule has 0 aromatic heterocycles. The maximum absolute atomic E-state index is 10.6. The van der Waals surface area contributed by atoms with Gasteiger partial charge in [-0.05, 0) is 44.9 Å². The summed E-state index contributed by atoms with van der Waals surface area (Å²) in [5.74, 6) is -0.857. The van der Waals surface area contributed by atoms with Crippen molar-refractivity contribution >= 4 is 5.97 Å². The quantitative estimate of drug-likeness (QED) is 0.210. The predicted molar refractivity (Wildman–Crippen MR) is 101 cm³/mol. The number of allylic oxidation sites excluding steroid dienone is 6. The van der Waals surface area contributed by atoms with Crippen LogP contribution in [-0.4, -0.2) is 11.1 Å². The SMILES string of the molecule is C=C(CCCCCCCC/C=C\C/C=C\C/C=C\CC)C(=O)O. The molecular weight excluding hydrogens is 284 g/mol. The maximum atomic E-state index is 10.6. The van der Waals surface area contributed by atoms with E-state index in [-0.39, 0.29) is 0 Å². The number of carboxylic acid groups (broad SMARTS) is 1. The molecule has 0 atom stereocenters. The molecule has 2 heteroatoms. The molecule has 0 saturated carbocycles. The van der Waals surface area contributed by atoms with E-state index in [1.165, 1.54) is 32.1 Å². The van der Waals surface area contributed by atoms with Gasteiger partial charge in [-0.2, -0.15) is 0 Å². The highest BCUT2D eigenvalue weighted by Gasteiger charge is 2.02. The normalized spacial score (nSPS) is 11.9. The van der Waals surface area contributed by atoms with E-state index in [4.69, 9.17) is 5.11 Å². The van der Waals surface area contributed by atoms with Crippen molar-refractivity contribution in [2.24, 2.45) is 0 Å². The molecule has 0 heterocycles. The monoisotopic (exact) mass is 318 g/mol. The number of rotatable bonds is 15. The molecule has 0 saturated heterocycles. The van der Waals surface area contributed by atoms with Gasteiger partial charge in [-0.3, -0.25) is 0 Å². The maximum Gasteiger partial charge on any atom is 0.330 e. The van der Waals surface area contributed by atoms with Crippen molar-refractivity contribution in [2.75, 3.05) is 0 Å². The summed E-state index contributed by atoms with van der Waals surface area (Å²) >= 11 is 0. The molecule has 0 bridgehead atoms. The van der Waals surface area contributed by atoms with Gasteiger partial charge in [-0.1, -0.05) is 75.6 Å². The Bertz CT molecular complexity index is 389. The molecule has 0 aromatic rings. The summed E-state index contributed by atoms with van der Waals surface area (Å²) in [5, 5.41) is 8.69. The number of hydrogen-bond donors (Lipinski definition) is 1. The molecule has 0 unspecified atom stereocenters. The van der Waals surface area contributed by atoms with Gasteiger partial charge in [0.1, 0.15) is 0 Å². The lowest BCUT2D eigenvalue weighted by Gasteiger charge is -2.01. The van der Waals surface area contributed by atoms with Gasteiger partial charge < -0.3 is 5.11 Å². The van der Waals surface area contributed by atoms with Gasteiger partial charge in [0.25, 0.3) is 0 Å². The minimum absolute atomic E-state index is 0.338. The molecule has 130 valence electrons. The van der Waals surface area contributed by atoms with Crippen LogP contribution >= 0.6 is 0 Å². The predicted octanol–water partition coefficient (Wildman–Crippen LogP) is 6.61. The van der Waals surface area contributed by atoms with Crippen LogP contribution in [0.15, 0.2) is 48.6 Å². The van der Waals surface area contributed by atoms with Crippen LogP contribution in [0.1, 0.15) is 77.6 Å². The zero-order chi connectivity index (χ0) is 17.2. The number of carboxylic acids is 1. The van der Waals surface area contributed by atoms with Crippen LogP contribution in [0.4, 0.5) is 0 Å². The van der Waals surface area contributed by atoms with Gasteiger partial charge in [0.15, 0.2) is 0 Å². The molecule has 2 nitrogen and oxygen atoms in total. The van der Waals surface area contributed by atoms with Gasteiger partial charge in [-0.15, -0.1) is 0 Å². The standard InChI is InChI=1S/C21H34O2/c1-3-4-5-6-7-8-9-10-11-12-13-14-15-16-17-18-19-20(2)21(22)23/h4-5,7-8,10-11H,2-3,6,9,12-19H2,1H3,(H,22,23)/b5-4-,8-7-,11-10-. The third-order valence-electron chi connectivity index (χ3n) is 3.68. The van der Waals surface area contributed by atoms with E-state index in [1.54, 1.807) is 0 Å². The molecule has 0 fully saturated rings. The zero-order valence-corrected chi connectivity index (χ0v) is 14.8. The molecule has 0 aliphatic carbocycles. The molecule has 0 rings (SSSR count). The Morgan fingerprint density at radius 2 is 1.35 bits per heavy atom. The Morgan fingerprint density at radius 1 is 0.826 bits per heavy atom. The van der Waals surface area contributed by atoms with E-state index in [0.29, 0.717) is 12.0 Å². The second-order valence-electron chi connectivity index (χ2n) is 5.86. The fourth-order valence-corrected chi connectivity index (χ4v) is 2.24. The second kappa shape index (κ2) is 16.8. The van der Waals surface area contributed by atoms with Crippen molar-refractivity contribution < 1.29 is 9.90 Å². The van der Waals surface area contributed by atoms with Crippen LogP contribution in [0.25, 0.3) is 0 Å². The van der Waals surface area contributed by atoms with Crippen LogP contribution in [0.5, 0.6) is 0 Å². The summed E-state index contributed by atoms with van der Waals surface area (Å²) in [4.78, 5) is 10.6. The van der Waals surface area contributed by atoms with Gasteiger partial charge >= 0.3 is 5.97 Å². The van der Waals surface area contributed by atoms with Crippen molar-refractivity contribution in [1.82, 2.24) is 0 Å². The minimum atomic E-state index is -0.857. The number of aliphatic carboxylic acids is 1. The van der Waals surface area contributed by atoms with Gasteiger partial charge in [0, 0.05) is 5.57 Å². The largest absolute Gasteiger partial charge is 0.478 e. The second-order valence-corrected chi connectivity index (χ2v) is 5.86. The van der Waals surface area contributed by atoms with E-state index in [1.807, 2.05) is 0 Å². The molecule has 0 aromatic carbocycles. The number of unbranched alkanes of at least 4 members (excludes halogenated alkanes) is 6. The highest BCUT2D eigenvalue weighted by Crippen LogP contribution is 2.11. The van der Waals surface area contributed by atoms with Crippen LogP contribution in [0.3, 0.4) is 0 Å². The van der Waals surface area contributed by atoms with E-state index < -0.39 is 5.97 Å². The first-order valence-electron chi connectivity index (χ1n) is 9.04. The van der Waals surface area contributed by atoms with Gasteiger partial charge in [0.2, 0.25) is 0 Å². The van der Waals surface area contributed by atoms with Crippen LogP contribution < -0.4 is 0 Å². The summed E-state index contributed by atoms with van der Waals surface area (Å²) in [6, 6.07) is 0. The highest BCUT2D eigenvalue weighted by molar-refractivity contribution is 5.85. The first-order valence-corrected chi connectivity index (χ1v) is 9.04. The average molecular weight is 319 g/mol. The fraction of sp³-hybridized carbons (Fsp3) is 0.571. The molecule has 0 amide bonds. The Kier molecular flexibility index (Phi) is 15.6. The zero-order valence-electron chi connectivity index (χ0n) is 14.8. The Balaban J connectivity index is 3.29. The first-order chi connectivity index (χ1) is 11.2. The third-order valence-corrected chi connectivity index (χ3v) is 3.68. The number of carbonyl (C=O) groups is 1. The Labute approximate surface area is 142 Å². The fourth-order valence-electron chi connectivity index (χ4n) is 2.24. The van der Waals surface area contributed by atoms with Crippen molar-refractivity contribution in [1.29, 1.82) is 0 Å². The lowest BCUT2D eigenvalue weighted by atomic mass is 10.1. The van der Waals surface area contributed by atoms with Gasteiger partial charge in [-0.25, -0.2) is 4.79 Å². The topological polar surface area (TPSA) is 37.3 Å². The van der Waals surface area contributed by atoms with Crippen LogP contribution in [-0.2, 0) is 4.79 Å². The average Bonchev–Trinajstić information content (AvgIpc) is 2.54. The molecule has 1 N–H and O–H groups in total. The summed E-state index contributed by atoms with van der Waals surface area (Å²) in [5.41, 5.74) is 0.338. The van der Waals surface area contributed by atoms with E-state index in [2.05, 4.69) is 50.0 Å². The van der Waals surface area contributed by atoms with Crippen LogP contribution in [0.2, 0.25) is 0 Å². The van der Waals surface area contributed by atoms with Crippen molar-refractivity contribution in [3.63, 3.8) is 0 Å². The molecule has 0 radical (unpaired) electrons. The third kappa shape index (κ3) is 16.6. The molecule has 23 heavy (non-hydrogen) atoms. The smallest absolute Gasteiger partial charge is 0.330 e.